The van der Waals surface area contributed by atoms with Crippen molar-refractivity contribution in [2.75, 3.05) is 5.73 Å². The van der Waals surface area contributed by atoms with Gasteiger partial charge in [-0.25, -0.2) is 0 Å². The predicted molar refractivity (Wildman–Crippen MR) is 55.4 cm³/mol. The highest BCUT2D eigenvalue weighted by atomic mass is 16.5. The number of aliphatic carboxylic acids is 1. The molecule has 0 saturated carbocycles. The first-order valence-corrected chi connectivity index (χ1v) is 4.95. The minimum absolute atomic E-state index is 0.0526. The second kappa shape index (κ2) is 4.82. The molecule has 1 rings (SSSR count). The van der Waals surface area contributed by atoms with E-state index in [0.717, 1.165) is 12.0 Å². The van der Waals surface area contributed by atoms with Crippen LogP contribution in [0.5, 0.6) is 0 Å². The van der Waals surface area contributed by atoms with Gasteiger partial charge in [-0.15, -0.1) is 0 Å². The van der Waals surface area contributed by atoms with Crippen molar-refractivity contribution in [1.82, 2.24) is 5.16 Å². The van der Waals surface area contributed by atoms with Crippen LogP contribution in [-0.2, 0) is 17.6 Å². The molecule has 1 heterocycles. The van der Waals surface area contributed by atoms with Gasteiger partial charge in [0.05, 0.1) is 12.1 Å². The summed E-state index contributed by atoms with van der Waals surface area (Å²) in [6, 6.07) is 0. The minimum atomic E-state index is -0.841. The number of nitrogen functional groups attached to an aromatic ring is 1. The number of hydrogen-bond donors (Lipinski definition) is 2. The van der Waals surface area contributed by atoms with Crippen molar-refractivity contribution >= 4 is 11.9 Å². The summed E-state index contributed by atoms with van der Waals surface area (Å²) < 4.78 is 4.86. The van der Waals surface area contributed by atoms with Crippen molar-refractivity contribution in [2.24, 2.45) is 5.92 Å². The zero-order chi connectivity index (χ0) is 11.4. The highest BCUT2D eigenvalue weighted by molar-refractivity contribution is 5.67. The normalized spacial score (nSPS) is 10.9. The van der Waals surface area contributed by atoms with Crippen LogP contribution in [0, 0.1) is 5.92 Å². The number of anilines is 1. The first-order chi connectivity index (χ1) is 7.00. The molecule has 0 saturated heterocycles. The van der Waals surface area contributed by atoms with Gasteiger partial charge in [0.15, 0.2) is 0 Å². The van der Waals surface area contributed by atoms with Crippen LogP contribution in [0.2, 0.25) is 0 Å². The van der Waals surface area contributed by atoms with Crippen LogP contribution in [0.4, 0.5) is 5.88 Å². The molecule has 3 N–H and O–H groups in total. The second-order valence-electron chi connectivity index (χ2n) is 3.96. The summed E-state index contributed by atoms with van der Waals surface area (Å²) in [7, 11) is 0. The van der Waals surface area contributed by atoms with Gasteiger partial charge >= 0.3 is 5.97 Å². The molecule has 15 heavy (non-hydrogen) atoms. The van der Waals surface area contributed by atoms with Crippen LogP contribution in [0.15, 0.2) is 4.52 Å². The average Bonchev–Trinajstić information content (AvgIpc) is 2.44. The third-order valence-corrected chi connectivity index (χ3v) is 2.09. The van der Waals surface area contributed by atoms with Crippen LogP contribution in [0.3, 0.4) is 0 Å². The zero-order valence-electron chi connectivity index (χ0n) is 8.99. The molecule has 5 nitrogen and oxygen atoms in total. The Labute approximate surface area is 88.2 Å². The average molecular weight is 212 g/mol. The molecule has 0 amide bonds. The lowest BCUT2D eigenvalue weighted by Gasteiger charge is -2.03. The molecule has 0 aliphatic carbocycles. The van der Waals surface area contributed by atoms with E-state index in [2.05, 4.69) is 19.0 Å². The Morgan fingerprint density at radius 3 is 2.80 bits per heavy atom. The van der Waals surface area contributed by atoms with E-state index >= 15 is 0 Å². The molecule has 0 unspecified atom stereocenters. The molecule has 0 aromatic carbocycles. The fourth-order valence-corrected chi connectivity index (χ4v) is 1.41. The Hall–Kier alpha value is -1.52. The Balaban J connectivity index is 2.74. The Kier molecular flexibility index (Phi) is 3.71. The van der Waals surface area contributed by atoms with Crippen molar-refractivity contribution in [2.45, 2.75) is 33.1 Å². The van der Waals surface area contributed by atoms with Crippen LogP contribution >= 0.6 is 0 Å². The molecule has 0 atom stereocenters. The Morgan fingerprint density at radius 2 is 2.27 bits per heavy atom. The molecule has 1 aromatic rings. The molecule has 0 fully saturated rings. The molecule has 84 valence electrons. The number of aromatic nitrogens is 1. The third kappa shape index (κ3) is 3.27. The lowest BCUT2D eigenvalue weighted by Crippen LogP contribution is -2.03. The van der Waals surface area contributed by atoms with E-state index in [4.69, 9.17) is 15.4 Å². The largest absolute Gasteiger partial charge is 0.481 e. The number of nitrogens with two attached hydrogens (primary N) is 1. The molecular weight excluding hydrogens is 196 g/mol. The van der Waals surface area contributed by atoms with Crippen LogP contribution in [0.1, 0.15) is 31.5 Å². The fourth-order valence-electron chi connectivity index (χ4n) is 1.41. The van der Waals surface area contributed by atoms with Gasteiger partial charge in [-0.3, -0.25) is 4.79 Å². The van der Waals surface area contributed by atoms with Gasteiger partial charge in [0.25, 0.3) is 0 Å². The van der Waals surface area contributed by atoms with Crippen molar-refractivity contribution in [3.05, 3.63) is 11.3 Å². The van der Waals surface area contributed by atoms with E-state index in [-0.39, 0.29) is 6.42 Å². The van der Waals surface area contributed by atoms with Gasteiger partial charge in [-0.2, -0.15) is 0 Å². The lowest BCUT2D eigenvalue weighted by molar-refractivity contribution is -0.136. The van der Waals surface area contributed by atoms with E-state index in [9.17, 15) is 4.79 Å². The summed E-state index contributed by atoms with van der Waals surface area (Å²) in [5.41, 5.74) is 7.14. The van der Waals surface area contributed by atoms with Crippen LogP contribution < -0.4 is 5.73 Å². The number of carbonyl (C=O) groups is 1. The Bertz CT molecular complexity index is 344. The summed E-state index contributed by atoms with van der Waals surface area (Å²) in [6.07, 6.45) is 1.19. The number of rotatable bonds is 5. The van der Waals surface area contributed by atoms with E-state index < -0.39 is 5.97 Å². The molecule has 0 spiro atoms. The van der Waals surface area contributed by atoms with Crippen LogP contribution in [0.25, 0.3) is 0 Å². The Morgan fingerprint density at radius 1 is 1.60 bits per heavy atom. The first-order valence-electron chi connectivity index (χ1n) is 4.95. The van der Waals surface area contributed by atoms with Crippen molar-refractivity contribution in [1.29, 1.82) is 0 Å². The maximum atomic E-state index is 10.4. The molecule has 1 aromatic heterocycles. The number of carboxylic acids is 1. The van der Waals surface area contributed by atoms with E-state index in [1.165, 1.54) is 0 Å². The van der Waals surface area contributed by atoms with E-state index in [1.54, 1.807) is 0 Å². The third-order valence-electron chi connectivity index (χ3n) is 2.09. The van der Waals surface area contributed by atoms with Gasteiger partial charge in [0.2, 0.25) is 5.88 Å². The smallest absolute Gasteiger partial charge is 0.303 e. The number of nitrogens with zero attached hydrogens (tertiary/aromatic N) is 1. The summed E-state index contributed by atoms with van der Waals surface area (Å²) in [6.45, 7) is 4.13. The standard InChI is InChI=1S/C10H16N2O3/c1-6(2)5-7-8(3-4-9(13)14)12-15-10(7)11/h6H,3-5,11H2,1-2H3,(H,13,14). The van der Waals surface area contributed by atoms with Crippen LogP contribution in [-0.4, -0.2) is 16.2 Å². The molecule has 0 bridgehead atoms. The quantitative estimate of drug-likeness (QED) is 0.771. The highest BCUT2D eigenvalue weighted by Crippen LogP contribution is 2.21. The number of aryl methyl sites for hydroxylation is 1. The van der Waals surface area contributed by atoms with Gasteiger partial charge in [-0.05, 0) is 12.3 Å². The van der Waals surface area contributed by atoms with Gasteiger partial charge in [-0.1, -0.05) is 19.0 Å². The van der Waals surface area contributed by atoms with Gasteiger partial charge in [0.1, 0.15) is 0 Å². The minimum Gasteiger partial charge on any atom is -0.481 e. The van der Waals surface area contributed by atoms with Gasteiger partial charge < -0.3 is 15.4 Å². The second-order valence-corrected chi connectivity index (χ2v) is 3.96. The molecule has 0 aliphatic heterocycles. The van der Waals surface area contributed by atoms with Crippen molar-refractivity contribution in [3.63, 3.8) is 0 Å². The van der Waals surface area contributed by atoms with E-state index in [0.29, 0.717) is 23.9 Å². The molecular formula is C10H16N2O3. The molecule has 5 heteroatoms. The first kappa shape index (κ1) is 11.6. The highest BCUT2D eigenvalue weighted by Gasteiger charge is 2.15. The summed E-state index contributed by atoms with van der Waals surface area (Å²) in [5, 5.41) is 12.3. The zero-order valence-corrected chi connectivity index (χ0v) is 8.99. The van der Waals surface area contributed by atoms with Crippen molar-refractivity contribution < 1.29 is 14.4 Å². The SMILES string of the molecule is CC(C)Cc1c(CCC(=O)O)noc1N. The molecule has 0 radical (unpaired) electrons. The maximum Gasteiger partial charge on any atom is 0.303 e. The summed E-state index contributed by atoms with van der Waals surface area (Å²) >= 11 is 0. The number of hydrogen-bond acceptors (Lipinski definition) is 4. The molecule has 0 aliphatic rings. The monoisotopic (exact) mass is 212 g/mol. The summed E-state index contributed by atoms with van der Waals surface area (Å²) in [5.74, 6) is -0.0913. The summed E-state index contributed by atoms with van der Waals surface area (Å²) in [4.78, 5) is 10.4. The lowest BCUT2D eigenvalue weighted by atomic mass is 10.0. The van der Waals surface area contributed by atoms with Gasteiger partial charge in [0, 0.05) is 12.0 Å². The predicted octanol–water partition coefficient (Wildman–Crippen LogP) is 1.47. The topological polar surface area (TPSA) is 89.3 Å². The maximum absolute atomic E-state index is 10.4. The fraction of sp³-hybridized carbons (Fsp3) is 0.600. The number of carboxylic acid groups (broad SMARTS) is 1. The van der Waals surface area contributed by atoms with E-state index in [1.807, 2.05) is 0 Å². The van der Waals surface area contributed by atoms with Crippen molar-refractivity contribution in [3.8, 4) is 0 Å².